The fourth-order valence-electron chi connectivity index (χ4n) is 3.15. The zero-order valence-electron chi connectivity index (χ0n) is 16.7. The summed E-state index contributed by atoms with van der Waals surface area (Å²) in [6.07, 6.45) is -1.50. The molecule has 2 heterocycles. The molecule has 0 spiro atoms. The van der Waals surface area contributed by atoms with E-state index in [-0.39, 0.29) is 36.8 Å². The summed E-state index contributed by atoms with van der Waals surface area (Å²) in [7, 11) is 0. The van der Waals surface area contributed by atoms with Gasteiger partial charge in [0.05, 0.1) is 35.5 Å². The number of benzene rings is 1. The van der Waals surface area contributed by atoms with Crippen molar-refractivity contribution in [2.45, 2.75) is 39.5 Å². The van der Waals surface area contributed by atoms with Gasteiger partial charge in [-0.05, 0) is 31.5 Å². The van der Waals surface area contributed by atoms with E-state index in [0.717, 1.165) is 12.1 Å². The lowest BCUT2D eigenvalue weighted by atomic mass is 10.1. The topological polar surface area (TPSA) is 108 Å². The van der Waals surface area contributed by atoms with Gasteiger partial charge in [0.1, 0.15) is 11.4 Å². The highest BCUT2D eigenvalue weighted by Crippen LogP contribution is 2.29. The lowest BCUT2D eigenvalue weighted by Crippen LogP contribution is -2.15. The van der Waals surface area contributed by atoms with Crippen molar-refractivity contribution in [1.29, 1.82) is 0 Å². The summed E-state index contributed by atoms with van der Waals surface area (Å²) in [5, 5.41) is 21.8. The van der Waals surface area contributed by atoms with Gasteiger partial charge >= 0.3 is 11.9 Å². The summed E-state index contributed by atoms with van der Waals surface area (Å²) in [6.45, 7) is 3.36. The summed E-state index contributed by atoms with van der Waals surface area (Å²) in [5.41, 5.74) is 0.632. The Bertz CT molecular complexity index is 1120. The maximum atomic E-state index is 12.8. The summed E-state index contributed by atoms with van der Waals surface area (Å²) >= 11 is 0. The van der Waals surface area contributed by atoms with E-state index in [1.54, 1.807) is 13.0 Å². The van der Waals surface area contributed by atoms with Crippen molar-refractivity contribution in [3.05, 3.63) is 69.3 Å². The number of hydrogen-bond donors (Lipinski definition) is 1. The number of rotatable bonds is 7. The fraction of sp³-hybridized carbons (Fsp3) is 0.316. The van der Waals surface area contributed by atoms with Gasteiger partial charge in [-0.1, -0.05) is 12.1 Å². The van der Waals surface area contributed by atoms with Crippen molar-refractivity contribution in [1.82, 2.24) is 19.6 Å². The number of nitrogens with zero attached hydrogens (tertiary/aromatic N) is 5. The van der Waals surface area contributed by atoms with Gasteiger partial charge in [-0.3, -0.25) is 24.3 Å². The minimum atomic E-state index is -4.43. The molecule has 0 atom stereocenters. The van der Waals surface area contributed by atoms with E-state index < -0.39 is 16.7 Å². The Labute approximate surface area is 174 Å². The smallest absolute Gasteiger partial charge is 0.323 e. The van der Waals surface area contributed by atoms with Gasteiger partial charge in [-0.15, -0.1) is 0 Å². The van der Waals surface area contributed by atoms with Crippen LogP contribution in [0.1, 0.15) is 28.9 Å². The maximum Gasteiger partial charge on any atom is 0.416 e. The minimum Gasteiger partial charge on any atom is -0.323 e. The van der Waals surface area contributed by atoms with Crippen LogP contribution in [0.15, 0.2) is 36.7 Å². The molecule has 0 aliphatic heterocycles. The third kappa shape index (κ3) is 5.27. The van der Waals surface area contributed by atoms with E-state index in [2.05, 4.69) is 15.5 Å². The highest BCUT2D eigenvalue weighted by atomic mass is 19.4. The summed E-state index contributed by atoms with van der Waals surface area (Å²) in [5.74, 6) is -0.353. The molecular weight excluding hydrogens is 417 g/mol. The molecule has 164 valence electrons. The fourth-order valence-corrected chi connectivity index (χ4v) is 3.15. The molecule has 3 rings (SSSR count). The Morgan fingerprint density at radius 3 is 2.68 bits per heavy atom. The number of anilines is 1. The molecule has 2 aromatic heterocycles. The van der Waals surface area contributed by atoms with Gasteiger partial charge in [0.25, 0.3) is 0 Å². The highest BCUT2D eigenvalue weighted by Gasteiger charge is 2.30. The van der Waals surface area contributed by atoms with Crippen molar-refractivity contribution in [2.75, 3.05) is 5.32 Å². The first kappa shape index (κ1) is 22.0. The second-order valence-corrected chi connectivity index (χ2v) is 6.92. The van der Waals surface area contributed by atoms with Crippen molar-refractivity contribution in [2.24, 2.45) is 0 Å². The molecule has 0 radical (unpaired) electrons. The van der Waals surface area contributed by atoms with Crippen LogP contribution < -0.4 is 5.32 Å². The number of alkyl halides is 3. The largest absolute Gasteiger partial charge is 0.416 e. The second kappa shape index (κ2) is 8.58. The van der Waals surface area contributed by atoms with Gasteiger partial charge in [-0.2, -0.15) is 23.4 Å². The van der Waals surface area contributed by atoms with Gasteiger partial charge in [0, 0.05) is 12.6 Å². The molecule has 0 saturated carbocycles. The first-order valence-corrected chi connectivity index (χ1v) is 9.21. The molecule has 1 aromatic carbocycles. The number of nitro groups is 1. The van der Waals surface area contributed by atoms with Crippen LogP contribution in [0, 0.1) is 24.0 Å². The molecule has 0 bridgehead atoms. The summed E-state index contributed by atoms with van der Waals surface area (Å²) in [6, 6.07) is 4.93. The SMILES string of the molecule is Cc1nn(CCC(=O)Nc2cnn(Cc3cccc(C(F)(F)F)c3)c2)c(C)c1[N+](=O)[O-]. The van der Waals surface area contributed by atoms with Gasteiger partial charge in [0.2, 0.25) is 5.91 Å². The number of aromatic nitrogens is 4. The number of carbonyl (C=O) groups is 1. The number of amides is 1. The molecule has 0 saturated heterocycles. The van der Waals surface area contributed by atoms with Crippen LogP contribution in [-0.4, -0.2) is 30.4 Å². The van der Waals surface area contributed by atoms with Crippen LogP contribution in [0.25, 0.3) is 0 Å². The van der Waals surface area contributed by atoms with Gasteiger partial charge in [-0.25, -0.2) is 0 Å². The monoisotopic (exact) mass is 436 g/mol. The molecule has 3 aromatic rings. The predicted octanol–water partition coefficient (Wildman–Crippen LogP) is 3.70. The Morgan fingerprint density at radius 2 is 2.03 bits per heavy atom. The van der Waals surface area contributed by atoms with E-state index in [1.807, 2.05) is 0 Å². The van der Waals surface area contributed by atoms with E-state index in [1.165, 1.54) is 34.7 Å². The molecule has 12 heteroatoms. The Morgan fingerprint density at radius 1 is 1.29 bits per heavy atom. The van der Waals surface area contributed by atoms with Crippen molar-refractivity contribution >= 4 is 17.3 Å². The lowest BCUT2D eigenvalue weighted by Gasteiger charge is -2.08. The zero-order chi connectivity index (χ0) is 22.8. The normalized spacial score (nSPS) is 11.5. The second-order valence-electron chi connectivity index (χ2n) is 6.92. The first-order valence-electron chi connectivity index (χ1n) is 9.21. The van der Waals surface area contributed by atoms with Crippen LogP contribution in [0.4, 0.5) is 24.5 Å². The molecule has 0 unspecified atom stereocenters. The van der Waals surface area contributed by atoms with Crippen molar-refractivity contribution in [3.63, 3.8) is 0 Å². The predicted molar refractivity (Wildman–Crippen MR) is 104 cm³/mol. The number of halogens is 3. The number of carbonyl (C=O) groups excluding carboxylic acids is 1. The average molecular weight is 436 g/mol. The van der Waals surface area contributed by atoms with E-state index in [0.29, 0.717) is 16.9 Å². The van der Waals surface area contributed by atoms with Crippen LogP contribution >= 0.6 is 0 Å². The molecule has 0 aliphatic carbocycles. The van der Waals surface area contributed by atoms with Crippen LogP contribution in [0.2, 0.25) is 0 Å². The summed E-state index contributed by atoms with van der Waals surface area (Å²) in [4.78, 5) is 22.7. The van der Waals surface area contributed by atoms with Gasteiger partial charge in [0.15, 0.2) is 0 Å². The van der Waals surface area contributed by atoms with E-state index in [4.69, 9.17) is 0 Å². The standard InChI is InChI=1S/C19H19F3N6O3/c1-12-18(28(30)31)13(2)27(25-12)7-6-17(29)24-16-9-23-26(11-16)10-14-4-3-5-15(8-14)19(20,21)22/h3-5,8-9,11H,6-7,10H2,1-2H3,(H,24,29). The lowest BCUT2D eigenvalue weighted by molar-refractivity contribution is -0.386. The van der Waals surface area contributed by atoms with Crippen molar-refractivity contribution < 1.29 is 22.9 Å². The molecule has 9 nitrogen and oxygen atoms in total. The molecule has 0 aliphatic rings. The molecular formula is C19H19F3N6O3. The Hall–Kier alpha value is -3.70. The Balaban J connectivity index is 1.58. The maximum absolute atomic E-state index is 12.8. The van der Waals surface area contributed by atoms with Crippen LogP contribution in [0.3, 0.4) is 0 Å². The molecule has 1 N–H and O–H groups in total. The van der Waals surface area contributed by atoms with E-state index in [9.17, 15) is 28.1 Å². The quantitative estimate of drug-likeness (QED) is 0.449. The first-order chi connectivity index (χ1) is 14.5. The van der Waals surface area contributed by atoms with Gasteiger partial charge < -0.3 is 5.32 Å². The third-order valence-electron chi connectivity index (χ3n) is 4.59. The highest BCUT2D eigenvalue weighted by molar-refractivity contribution is 5.90. The minimum absolute atomic E-state index is 0.0257. The summed E-state index contributed by atoms with van der Waals surface area (Å²) < 4.78 is 41.3. The third-order valence-corrected chi connectivity index (χ3v) is 4.59. The number of aryl methyl sites for hydroxylation is 2. The van der Waals surface area contributed by atoms with E-state index >= 15 is 0 Å². The van der Waals surface area contributed by atoms with Crippen molar-refractivity contribution in [3.8, 4) is 0 Å². The average Bonchev–Trinajstić information content (AvgIpc) is 3.22. The molecule has 1 amide bonds. The Kier molecular flexibility index (Phi) is 6.09. The molecule has 31 heavy (non-hydrogen) atoms. The zero-order valence-corrected chi connectivity index (χ0v) is 16.7. The molecule has 0 fully saturated rings. The van der Waals surface area contributed by atoms with Crippen LogP contribution in [0.5, 0.6) is 0 Å². The number of nitrogens with one attached hydrogen (secondary N) is 1. The van der Waals surface area contributed by atoms with Crippen LogP contribution in [-0.2, 0) is 24.1 Å². The number of hydrogen-bond acceptors (Lipinski definition) is 5.